The quantitative estimate of drug-likeness (QED) is 0.0273. The van der Waals surface area contributed by atoms with Gasteiger partial charge >= 0.3 is 26.2 Å². The van der Waals surface area contributed by atoms with Crippen LogP contribution in [0.15, 0.2) is 84.5 Å². The summed E-state index contributed by atoms with van der Waals surface area (Å²) in [4.78, 5) is 0. The van der Waals surface area contributed by atoms with E-state index in [9.17, 15) is 5.53 Å². The van der Waals surface area contributed by atoms with Crippen molar-refractivity contribution in [3.8, 4) is 0 Å². The Bertz CT molecular complexity index is 1800. The molecule has 2 aromatic rings. The molecule has 0 saturated carbocycles. The SMILES string of the molecule is CCCCCCCCCCCCC=CCC(CCCCCCCC)CCc1ccccc1C1=CC(CCCC)=C(c2ccccc2CCC(CC=CCCCCCCCCCCCC)CCCCCCCC)[N+]1=[N-].[CH3][Ni][CH3]. The Labute approximate surface area is 487 Å². The number of aryl methyl sites for hydroxylation is 2. The minimum atomic E-state index is 0.700. The van der Waals surface area contributed by atoms with Crippen LogP contribution in [-0.2, 0) is 27.3 Å². The molecule has 0 radical (unpaired) electrons. The van der Waals surface area contributed by atoms with E-state index in [1.165, 1.54) is 285 Å². The fourth-order valence-corrected chi connectivity index (χ4v) is 11.8. The number of hydrogen-bond acceptors (Lipinski definition) is 0. The van der Waals surface area contributed by atoms with Crippen LogP contribution >= 0.6 is 0 Å². The first-order chi connectivity index (χ1) is 38.0. The van der Waals surface area contributed by atoms with Crippen LogP contribution in [-0.4, -0.2) is 4.70 Å². The molecule has 0 amide bonds. The third-order valence-electron chi connectivity index (χ3n) is 16.7. The van der Waals surface area contributed by atoms with Crippen molar-refractivity contribution >= 4 is 11.4 Å². The summed E-state index contributed by atoms with van der Waals surface area (Å²) < 4.78 is 1.61. The summed E-state index contributed by atoms with van der Waals surface area (Å²) >= 11 is 1.62. The van der Waals surface area contributed by atoms with E-state index in [1.807, 2.05) is 0 Å². The standard InChI is InChI=1S/C72H120N2.2CH3.Ni/c1-6-11-16-20-24-26-28-30-32-34-36-40-44-52-64(50-42-38-22-18-13-8-3)59-61-66-55-46-48-57-69(66)71-63-68(54-15-10-5)72(74(71)73)70-58-49-47-56-67(70)62-60-65(51-43-39-23-19-14-9-4)53-45-41-37-35-33-31-29-27-25-21-17-12-7-2;;;/h40-41,44-49,55-58,63-65H,6-39,42-43,50-54,59-62H2,1-5H3;2*1H3;. The van der Waals surface area contributed by atoms with Crippen molar-refractivity contribution in [1.82, 2.24) is 0 Å². The Morgan fingerprint density at radius 2 is 0.727 bits per heavy atom. The van der Waals surface area contributed by atoms with Gasteiger partial charge in [-0.2, -0.15) is 0 Å². The van der Waals surface area contributed by atoms with E-state index in [2.05, 4.69) is 125 Å². The maximum atomic E-state index is 12.5. The van der Waals surface area contributed by atoms with Gasteiger partial charge in [0.25, 0.3) is 0 Å². The van der Waals surface area contributed by atoms with Gasteiger partial charge in [-0.1, -0.05) is 307 Å². The Hall–Kier alpha value is -2.51. The van der Waals surface area contributed by atoms with Gasteiger partial charge in [0.1, 0.15) is 0 Å². The summed E-state index contributed by atoms with van der Waals surface area (Å²) in [6, 6.07) is 18.1. The maximum absolute atomic E-state index is 12.5. The second-order valence-electron chi connectivity index (χ2n) is 23.7. The molecule has 0 aliphatic carbocycles. The average molecular weight is 1100 g/mol. The van der Waals surface area contributed by atoms with Gasteiger partial charge < -0.3 is 5.53 Å². The number of hydrogen-bond donors (Lipinski definition) is 0. The van der Waals surface area contributed by atoms with Crippen molar-refractivity contribution in [2.45, 2.75) is 335 Å². The molecular weight excluding hydrogens is 976 g/mol. The predicted molar refractivity (Wildman–Crippen MR) is 343 cm³/mol. The van der Waals surface area contributed by atoms with Crippen molar-refractivity contribution < 1.29 is 19.1 Å². The summed E-state index contributed by atoms with van der Waals surface area (Å²) in [5.74, 6) is 5.53. The molecule has 0 bridgehead atoms. The molecule has 2 aromatic carbocycles. The van der Waals surface area contributed by atoms with Gasteiger partial charge in [-0.25, -0.2) is 4.70 Å². The van der Waals surface area contributed by atoms with Gasteiger partial charge in [0.05, 0.1) is 0 Å². The molecule has 3 heteroatoms. The van der Waals surface area contributed by atoms with Gasteiger partial charge in [-0.3, -0.25) is 0 Å². The van der Waals surface area contributed by atoms with E-state index >= 15 is 0 Å². The van der Waals surface area contributed by atoms with E-state index < -0.39 is 0 Å². The molecule has 442 valence electrons. The van der Waals surface area contributed by atoms with Gasteiger partial charge in [0.2, 0.25) is 11.4 Å². The third kappa shape index (κ3) is 35.1. The second-order valence-corrected chi connectivity index (χ2v) is 24.7. The van der Waals surface area contributed by atoms with Gasteiger partial charge in [-0.15, -0.1) is 0 Å². The predicted octanol–water partition coefficient (Wildman–Crippen LogP) is 26.0. The Morgan fingerprint density at radius 1 is 0.390 bits per heavy atom. The fraction of sp³-hybridized carbons (Fsp3) is 0.730. The monoisotopic (exact) mass is 1100 g/mol. The molecule has 1 aliphatic rings. The van der Waals surface area contributed by atoms with Crippen LogP contribution < -0.4 is 0 Å². The van der Waals surface area contributed by atoms with Crippen LogP contribution in [0.3, 0.4) is 0 Å². The number of unbranched alkanes of at least 4 members (excludes halogenated alkanes) is 31. The summed E-state index contributed by atoms with van der Waals surface area (Å²) in [5.41, 5.74) is 21.0. The van der Waals surface area contributed by atoms with Crippen LogP contribution in [0.2, 0.25) is 11.8 Å². The molecule has 0 spiro atoms. The first-order valence-corrected chi connectivity index (χ1v) is 35.6. The number of allylic oxidation sites excluding steroid dienone is 6. The molecule has 2 unspecified atom stereocenters. The normalized spacial score (nSPS) is 13.6. The molecular formula is C74H126N2Ni. The number of benzene rings is 2. The Balaban J connectivity index is 0.00000659. The molecule has 2 nitrogen and oxygen atoms in total. The van der Waals surface area contributed by atoms with Crippen LogP contribution in [0.4, 0.5) is 0 Å². The molecule has 77 heavy (non-hydrogen) atoms. The number of nitrogens with zero attached hydrogens (tertiary/aromatic N) is 2. The molecule has 3 rings (SSSR count). The Morgan fingerprint density at radius 3 is 1.13 bits per heavy atom. The van der Waals surface area contributed by atoms with Crippen LogP contribution in [0.25, 0.3) is 16.9 Å². The van der Waals surface area contributed by atoms with Crippen LogP contribution in [0.1, 0.15) is 333 Å². The van der Waals surface area contributed by atoms with E-state index in [-0.39, 0.29) is 0 Å². The van der Waals surface area contributed by atoms with E-state index in [1.54, 1.807) is 19.1 Å². The van der Waals surface area contributed by atoms with E-state index in [0.717, 1.165) is 43.5 Å². The third-order valence-corrected chi connectivity index (χ3v) is 16.7. The zero-order valence-corrected chi connectivity index (χ0v) is 53.2. The molecule has 2 atom stereocenters. The van der Waals surface area contributed by atoms with Gasteiger partial charge in [0.15, 0.2) is 0 Å². The van der Waals surface area contributed by atoms with Gasteiger partial charge in [-0.05, 0) is 112 Å². The Kier molecular flexibility index (Phi) is 47.3. The molecule has 1 aliphatic heterocycles. The minimum absolute atomic E-state index is 0.700. The molecule has 0 fully saturated rings. The van der Waals surface area contributed by atoms with Crippen molar-refractivity contribution in [3.05, 3.63) is 112 Å². The van der Waals surface area contributed by atoms with Crippen molar-refractivity contribution in [1.29, 1.82) is 0 Å². The van der Waals surface area contributed by atoms with E-state index in [4.69, 9.17) is 0 Å². The zero-order chi connectivity index (χ0) is 55.5. The molecule has 0 N–H and O–H groups in total. The van der Waals surface area contributed by atoms with Crippen molar-refractivity contribution in [2.75, 3.05) is 0 Å². The molecule has 0 saturated heterocycles. The summed E-state index contributed by atoms with van der Waals surface area (Å²) in [6.07, 6.45) is 72.2. The zero-order valence-electron chi connectivity index (χ0n) is 52.2. The summed E-state index contributed by atoms with van der Waals surface area (Å²) in [5, 5.41) is 0. The molecule has 0 aromatic heterocycles. The second kappa shape index (κ2) is 51.6. The van der Waals surface area contributed by atoms with Crippen molar-refractivity contribution in [3.63, 3.8) is 0 Å². The van der Waals surface area contributed by atoms with Crippen LogP contribution in [0.5, 0.6) is 0 Å². The first-order valence-electron chi connectivity index (χ1n) is 33.6. The fourth-order valence-electron chi connectivity index (χ4n) is 11.8. The van der Waals surface area contributed by atoms with Crippen LogP contribution in [0, 0.1) is 11.8 Å². The van der Waals surface area contributed by atoms with Gasteiger partial charge in [0, 0.05) is 22.8 Å². The first kappa shape index (κ1) is 70.6. The summed E-state index contributed by atoms with van der Waals surface area (Å²) in [6.45, 7) is 11.6. The van der Waals surface area contributed by atoms with E-state index in [0.29, 0.717) is 11.8 Å². The number of rotatable bonds is 51. The topological polar surface area (TPSA) is 25.3 Å². The molecule has 1 heterocycles. The van der Waals surface area contributed by atoms with Crippen molar-refractivity contribution in [2.24, 2.45) is 11.8 Å². The summed E-state index contributed by atoms with van der Waals surface area (Å²) in [7, 11) is 0. The average Bonchev–Trinajstić information content (AvgIpc) is 3.80.